The maximum atomic E-state index is 12.4. The zero-order valence-electron chi connectivity index (χ0n) is 12.9. The molecule has 0 unspecified atom stereocenters. The van der Waals surface area contributed by atoms with Crippen LogP contribution in [0, 0.1) is 0 Å². The first-order valence-corrected chi connectivity index (χ1v) is 8.05. The third-order valence-electron chi connectivity index (χ3n) is 4.57. The summed E-state index contributed by atoms with van der Waals surface area (Å²) in [5, 5.41) is 20.6. The fourth-order valence-corrected chi connectivity index (χ4v) is 3.47. The molecule has 23 heavy (non-hydrogen) atoms. The second kappa shape index (κ2) is 6.41. The maximum absolute atomic E-state index is 12.4. The quantitative estimate of drug-likeness (QED) is 0.887. The van der Waals surface area contributed by atoms with E-state index in [0.717, 1.165) is 5.56 Å². The highest BCUT2D eigenvalue weighted by Gasteiger charge is 2.36. The number of hydrogen-bond donors (Lipinski definition) is 2. The SMILES string of the molecule is O=C1CCCC(O)=C1C(C1=C(O)CCCC1=O)c1ccccc1. The van der Waals surface area contributed by atoms with Gasteiger partial charge in [-0.15, -0.1) is 0 Å². The number of carbonyl (C=O) groups is 2. The summed E-state index contributed by atoms with van der Waals surface area (Å²) >= 11 is 0. The number of ketones is 2. The van der Waals surface area contributed by atoms with Gasteiger partial charge in [-0.25, -0.2) is 0 Å². The van der Waals surface area contributed by atoms with Crippen molar-refractivity contribution in [3.05, 3.63) is 58.6 Å². The summed E-state index contributed by atoms with van der Waals surface area (Å²) in [5.41, 5.74) is 1.31. The number of aliphatic hydroxyl groups is 2. The molecule has 0 bridgehead atoms. The predicted molar refractivity (Wildman–Crippen MR) is 86.2 cm³/mol. The predicted octanol–water partition coefficient (Wildman–Crippen LogP) is 3.90. The molecule has 3 rings (SSSR count). The molecule has 2 N–H and O–H groups in total. The van der Waals surface area contributed by atoms with E-state index in [9.17, 15) is 19.8 Å². The number of Topliss-reactive ketones (excluding diaryl/α,β-unsaturated/α-hetero) is 2. The van der Waals surface area contributed by atoms with Crippen LogP contribution in [0.5, 0.6) is 0 Å². The molecule has 0 atom stereocenters. The average Bonchev–Trinajstić information content (AvgIpc) is 2.53. The minimum Gasteiger partial charge on any atom is -0.512 e. The Hall–Kier alpha value is -2.36. The molecule has 0 saturated carbocycles. The Morgan fingerprint density at radius 2 is 1.22 bits per heavy atom. The normalized spacial score (nSPS) is 19.7. The zero-order chi connectivity index (χ0) is 16.4. The van der Waals surface area contributed by atoms with Crippen LogP contribution in [0.15, 0.2) is 53.0 Å². The van der Waals surface area contributed by atoms with E-state index >= 15 is 0 Å². The Labute approximate surface area is 135 Å². The maximum Gasteiger partial charge on any atom is 0.163 e. The van der Waals surface area contributed by atoms with Gasteiger partial charge in [-0.1, -0.05) is 30.3 Å². The van der Waals surface area contributed by atoms with Crippen LogP contribution < -0.4 is 0 Å². The van der Waals surface area contributed by atoms with Crippen molar-refractivity contribution in [3.8, 4) is 0 Å². The molecule has 2 aliphatic rings. The molecular formula is C19H20O4. The molecule has 4 nitrogen and oxygen atoms in total. The van der Waals surface area contributed by atoms with Crippen LogP contribution in [0.3, 0.4) is 0 Å². The van der Waals surface area contributed by atoms with E-state index in [-0.39, 0.29) is 34.2 Å². The Bertz CT molecular complexity index is 655. The lowest BCUT2D eigenvalue weighted by molar-refractivity contribution is -0.117. The van der Waals surface area contributed by atoms with Crippen molar-refractivity contribution in [3.63, 3.8) is 0 Å². The van der Waals surface area contributed by atoms with Crippen LogP contribution in [0.25, 0.3) is 0 Å². The van der Waals surface area contributed by atoms with Crippen molar-refractivity contribution in [2.24, 2.45) is 0 Å². The van der Waals surface area contributed by atoms with Gasteiger partial charge in [0.05, 0.1) is 11.5 Å². The molecule has 0 saturated heterocycles. The van der Waals surface area contributed by atoms with Crippen molar-refractivity contribution in [2.75, 3.05) is 0 Å². The number of benzene rings is 1. The van der Waals surface area contributed by atoms with Gasteiger partial charge >= 0.3 is 0 Å². The number of rotatable bonds is 3. The monoisotopic (exact) mass is 312 g/mol. The highest BCUT2D eigenvalue weighted by molar-refractivity contribution is 6.05. The number of allylic oxidation sites excluding steroid dienone is 4. The molecule has 0 aliphatic heterocycles. The lowest BCUT2D eigenvalue weighted by Crippen LogP contribution is -2.25. The van der Waals surface area contributed by atoms with Crippen LogP contribution in [0.2, 0.25) is 0 Å². The van der Waals surface area contributed by atoms with Gasteiger partial charge in [-0.2, -0.15) is 0 Å². The molecule has 0 radical (unpaired) electrons. The first-order chi connectivity index (χ1) is 11.1. The summed E-state index contributed by atoms with van der Waals surface area (Å²) in [6.45, 7) is 0. The molecule has 0 fully saturated rings. The van der Waals surface area contributed by atoms with Crippen molar-refractivity contribution < 1.29 is 19.8 Å². The van der Waals surface area contributed by atoms with Gasteiger partial charge in [-0.05, 0) is 18.4 Å². The number of carbonyl (C=O) groups excluding carboxylic acids is 2. The van der Waals surface area contributed by atoms with Gasteiger partial charge in [-0.3, -0.25) is 9.59 Å². The van der Waals surface area contributed by atoms with Gasteiger partial charge in [0.1, 0.15) is 0 Å². The molecule has 0 aromatic heterocycles. The second-order valence-corrected chi connectivity index (χ2v) is 6.12. The van der Waals surface area contributed by atoms with Crippen LogP contribution in [-0.4, -0.2) is 21.8 Å². The van der Waals surface area contributed by atoms with Crippen LogP contribution in [0.4, 0.5) is 0 Å². The first kappa shape index (κ1) is 15.5. The van der Waals surface area contributed by atoms with E-state index in [1.165, 1.54) is 0 Å². The fourth-order valence-electron chi connectivity index (χ4n) is 3.47. The topological polar surface area (TPSA) is 74.6 Å². The van der Waals surface area contributed by atoms with E-state index in [1.54, 1.807) is 0 Å². The van der Waals surface area contributed by atoms with E-state index in [2.05, 4.69) is 0 Å². The summed E-state index contributed by atoms with van der Waals surface area (Å²) in [7, 11) is 0. The van der Waals surface area contributed by atoms with Crippen LogP contribution in [0.1, 0.15) is 50.0 Å². The molecular weight excluding hydrogens is 292 g/mol. The van der Waals surface area contributed by atoms with Crippen molar-refractivity contribution in [1.82, 2.24) is 0 Å². The Morgan fingerprint density at radius 1 is 0.739 bits per heavy atom. The van der Waals surface area contributed by atoms with Crippen LogP contribution >= 0.6 is 0 Å². The Balaban J connectivity index is 2.20. The van der Waals surface area contributed by atoms with Crippen molar-refractivity contribution in [1.29, 1.82) is 0 Å². The number of hydrogen-bond acceptors (Lipinski definition) is 4. The zero-order valence-corrected chi connectivity index (χ0v) is 12.9. The molecule has 2 aliphatic carbocycles. The summed E-state index contributed by atoms with van der Waals surface area (Å²) < 4.78 is 0. The van der Waals surface area contributed by atoms with Gasteiger partial charge in [0.15, 0.2) is 11.6 Å². The third-order valence-corrected chi connectivity index (χ3v) is 4.57. The second-order valence-electron chi connectivity index (χ2n) is 6.12. The van der Waals surface area contributed by atoms with Crippen LogP contribution in [-0.2, 0) is 9.59 Å². The summed E-state index contributed by atoms with van der Waals surface area (Å²) in [6, 6.07) is 9.18. The molecule has 0 spiro atoms. The van der Waals surface area contributed by atoms with E-state index in [1.807, 2.05) is 30.3 Å². The molecule has 1 aromatic carbocycles. The average molecular weight is 312 g/mol. The Morgan fingerprint density at radius 3 is 1.65 bits per heavy atom. The fraction of sp³-hybridized carbons (Fsp3) is 0.368. The molecule has 120 valence electrons. The first-order valence-electron chi connectivity index (χ1n) is 8.05. The summed E-state index contributed by atoms with van der Waals surface area (Å²) in [4.78, 5) is 24.9. The van der Waals surface area contributed by atoms with E-state index < -0.39 is 5.92 Å². The molecule has 1 aromatic rings. The Kier molecular flexibility index (Phi) is 4.33. The van der Waals surface area contributed by atoms with Gasteiger partial charge in [0.25, 0.3) is 0 Å². The van der Waals surface area contributed by atoms with Gasteiger partial charge in [0, 0.05) is 42.7 Å². The lowest BCUT2D eigenvalue weighted by atomic mass is 9.74. The van der Waals surface area contributed by atoms with Crippen molar-refractivity contribution >= 4 is 11.6 Å². The highest BCUT2D eigenvalue weighted by atomic mass is 16.3. The third kappa shape index (κ3) is 2.93. The minimum atomic E-state index is -0.670. The van der Waals surface area contributed by atoms with Crippen molar-refractivity contribution in [2.45, 2.75) is 44.4 Å². The highest BCUT2D eigenvalue weighted by Crippen LogP contribution is 2.41. The lowest BCUT2D eigenvalue weighted by Gasteiger charge is -2.28. The summed E-state index contributed by atoms with van der Waals surface area (Å²) in [6.07, 6.45) is 2.85. The molecule has 0 amide bonds. The largest absolute Gasteiger partial charge is 0.512 e. The van der Waals surface area contributed by atoms with Gasteiger partial charge in [0.2, 0.25) is 0 Å². The van der Waals surface area contributed by atoms with E-state index in [0.29, 0.717) is 38.5 Å². The standard InChI is InChI=1S/C19H20O4/c20-13-8-4-9-14(21)18(13)17(12-6-2-1-3-7-12)19-15(22)10-5-11-16(19)23/h1-3,6-7,17,20,22H,4-5,8-11H2. The minimum absolute atomic E-state index is 0.0498. The van der Waals surface area contributed by atoms with Gasteiger partial charge < -0.3 is 10.2 Å². The molecule has 0 heterocycles. The summed E-state index contributed by atoms with van der Waals surface area (Å²) in [5.74, 6) is -0.845. The number of aliphatic hydroxyl groups excluding tert-OH is 2. The van der Waals surface area contributed by atoms with E-state index in [4.69, 9.17) is 0 Å². The smallest absolute Gasteiger partial charge is 0.163 e. The molecule has 4 heteroatoms.